The number of likely N-dealkylation sites (tertiary alicyclic amines) is 1. The van der Waals surface area contributed by atoms with Gasteiger partial charge < -0.3 is 23.9 Å². The Morgan fingerprint density at radius 3 is 2.44 bits per heavy atom. The van der Waals surface area contributed by atoms with E-state index in [1.165, 1.54) is 19.2 Å². The molecule has 2 atom stereocenters. The van der Waals surface area contributed by atoms with Gasteiger partial charge in [-0.2, -0.15) is 17.9 Å². The standard InChI is InChI=1S/C36H49N7O12S2/c1-34(2,3)53-32(46)38-31-37-25(21-56-31)29(27(44)17-24-30(45)43(36(24,7)8)55-57(48,49)50)39-52-16-15-51-23-12-13-28-40(9)26(20-42(28)19-23)22-11-10-14-41(18-22)33(47)54-35(4,5)6/h12-13,19-22,24H,10-11,14-18H2,1-9H3,(H-,37,38,46,48,49,50)/p+1/b39-29-/t22?,24-/m1/s1. The summed E-state index contributed by atoms with van der Waals surface area (Å²) in [5.41, 5.74) is -0.874. The van der Waals surface area contributed by atoms with Gasteiger partial charge in [0.05, 0.1) is 18.5 Å². The minimum atomic E-state index is -4.99. The normalized spacial score (nSPS) is 18.9. The predicted molar refractivity (Wildman–Crippen MR) is 205 cm³/mol. The van der Waals surface area contributed by atoms with Gasteiger partial charge in [0.15, 0.2) is 29.0 Å². The number of ether oxygens (including phenoxy) is 3. The molecule has 0 radical (unpaired) electrons. The van der Waals surface area contributed by atoms with Crippen molar-refractivity contribution in [3.05, 3.63) is 41.3 Å². The fourth-order valence-corrected chi connectivity index (χ4v) is 7.58. The van der Waals surface area contributed by atoms with Crippen LogP contribution in [0.15, 0.2) is 35.1 Å². The summed E-state index contributed by atoms with van der Waals surface area (Å²) in [7, 11) is -3.01. The molecule has 0 aromatic carbocycles. The molecule has 3 amide bonds. The molecular weight excluding hydrogens is 787 g/mol. The zero-order chi connectivity index (χ0) is 42.1. The van der Waals surface area contributed by atoms with Gasteiger partial charge in [-0.3, -0.25) is 19.5 Å². The fourth-order valence-electron chi connectivity index (χ4n) is 6.44. The number of piperidine rings is 1. The molecule has 2 saturated heterocycles. The van der Waals surface area contributed by atoms with Crippen LogP contribution in [0, 0.1) is 5.92 Å². The van der Waals surface area contributed by atoms with E-state index in [-0.39, 0.29) is 41.8 Å². The zero-order valence-corrected chi connectivity index (χ0v) is 35.1. The van der Waals surface area contributed by atoms with Gasteiger partial charge in [0.1, 0.15) is 41.6 Å². The fraction of sp³-hybridized carbons (Fsp3) is 0.583. The van der Waals surface area contributed by atoms with Crippen molar-refractivity contribution in [2.45, 2.75) is 97.3 Å². The molecular formula is C36H50N7O12S2+. The average Bonchev–Trinajstić information content (AvgIpc) is 3.68. The second-order valence-electron chi connectivity index (χ2n) is 16.3. The SMILES string of the molecule is Cn1c(C2CCCN(C(=O)OC(C)(C)C)C2)c[n+]2cc(OCCO/N=C(\C(=O)C[C@@H]3C(=O)N(OS(=O)(=O)O)C3(C)C)c3csc(NC(=O)OC(C)(C)C)n3)ccc12. The van der Waals surface area contributed by atoms with E-state index in [0.29, 0.717) is 23.9 Å². The molecule has 3 aromatic rings. The minimum absolute atomic E-state index is 0.0305. The number of hydrogen-bond donors (Lipinski definition) is 2. The monoisotopic (exact) mass is 836 g/mol. The summed E-state index contributed by atoms with van der Waals surface area (Å²) in [5, 5.41) is 8.61. The number of amides is 3. The van der Waals surface area contributed by atoms with Gasteiger partial charge in [-0.15, -0.1) is 15.6 Å². The van der Waals surface area contributed by atoms with Gasteiger partial charge in [0, 0.05) is 36.9 Å². The maximum atomic E-state index is 13.7. The molecule has 2 N–H and O–H groups in total. The van der Waals surface area contributed by atoms with E-state index in [9.17, 15) is 27.6 Å². The summed E-state index contributed by atoms with van der Waals surface area (Å²) in [6.07, 6.45) is 4.12. The second kappa shape index (κ2) is 16.5. The number of hydrogen-bond acceptors (Lipinski definition) is 14. The number of β-lactam (4-membered cyclic amide) rings is 1. The molecule has 3 aromatic heterocycles. The molecule has 2 aliphatic rings. The maximum absolute atomic E-state index is 13.7. The largest absolute Gasteiger partial charge is 0.486 e. The number of carbonyl (C=O) groups is 4. The topological polar surface area (TPSA) is 222 Å². The van der Waals surface area contributed by atoms with Crippen molar-refractivity contribution >= 4 is 62.1 Å². The number of carbonyl (C=O) groups excluding carboxylic acids is 4. The Kier molecular flexibility index (Phi) is 12.6. The molecule has 0 aliphatic carbocycles. The van der Waals surface area contributed by atoms with Crippen LogP contribution in [0.3, 0.4) is 0 Å². The van der Waals surface area contributed by atoms with E-state index in [1.807, 2.05) is 56.7 Å². The van der Waals surface area contributed by atoms with Gasteiger partial charge >= 0.3 is 22.6 Å². The van der Waals surface area contributed by atoms with Crippen LogP contribution in [-0.4, -0.2) is 105 Å². The van der Waals surface area contributed by atoms with E-state index in [4.69, 9.17) is 23.6 Å². The lowest BCUT2D eigenvalue weighted by Crippen LogP contribution is -2.68. The molecule has 1 unspecified atom stereocenters. The van der Waals surface area contributed by atoms with Crippen molar-refractivity contribution in [3.8, 4) is 5.75 Å². The smallest absolute Gasteiger partial charge is 0.418 e. The predicted octanol–water partition coefficient (Wildman–Crippen LogP) is 4.41. The van der Waals surface area contributed by atoms with Crippen molar-refractivity contribution in [3.63, 3.8) is 0 Å². The maximum Gasteiger partial charge on any atom is 0.418 e. The number of rotatable bonds is 13. The number of thiazole rings is 1. The number of Topliss-reactive ketones (excluding diaryl/α,β-unsaturated/α-hetero) is 1. The number of aryl methyl sites for hydroxylation is 1. The first-order valence-electron chi connectivity index (χ1n) is 18.2. The van der Waals surface area contributed by atoms with Crippen molar-refractivity contribution < 1.29 is 59.9 Å². The molecule has 5 rings (SSSR count). The van der Waals surface area contributed by atoms with E-state index >= 15 is 0 Å². The van der Waals surface area contributed by atoms with Gasteiger partial charge in [-0.1, -0.05) is 5.16 Å². The number of nitrogens with one attached hydrogen (secondary N) is 1. The summed E-state index contributed by atoms with van der Waals surface area (Å²) in [4.78, 5) is 63.1. The molecule has 2 fully saturated rings. The summed E-state index contributed by atoms with van der Waals surface area (Å²) >= 11 is 0.999. The van der Waals surface area contributed by atoms with Crippen LogP contribution < -0.4 is 14.5 Å². The van der Waals surface area contributed by atoms with E-state index in [1.54, 1.807) is 25.7 Å². The van der Waals surface area contributed by atoms with Gasteiger partial charge in [0.25, 0.3) is 11.6 Å². The van der Waals surface area contributed by atoms with Crippen molar-refractivity contribution in [2.24, 2.45) is 18.1 Å². The lowest BCUT2D eigenvalue weighted by Gasteiger charge is -2.50. The van der Waals surface area contributed by atoms with Gasteiger partial charge in [0.2, 0.25) is 0 Å². The van der Waals surface area contributed by atoms with E-state index in [2.05, 4.69) is 24.3 Å². The van der Waals surface area contributed by atoms with E-state index in [0.717, 1.165) is 35.5 Å². The summed E-state index contributed by atoms with van der Waals surface area (Å²) in [6.45, 7) is 14.7. The van der Waals surface area contributed by atoms with Crippen LogP contribution in [0.1, 0.15) is 92.0 Å². The second-order valence-corrected chi connectivity index (χ2v) is 18.1. The number of pyridine rings is 1. The number of ketones is 1. The van der Waals surface area contributed by atoms with Crippen molar-refractivity contribution in [1.29, 1.82) is 0 Å². The third kappa shape index (κ3) is 11.0. The molecule has 57 heavy (non-hydrogen) atoms. The lowest BCUT2D eigenvalue weighted by atomic mass is 9.74. The highest BCUT2D eigenvalue weighted by molar-refractivity contribution is 7.80. The highest BCUT2D eigenvalue weighted by atomic mass is 32.3. The van der Waals surface area contributed by atoms with Crippen LogP contribution in [0.5, 0.6) is 5.75 Å². The van der Waals surface area contributed by atoms with Crippen molar-refractivity contribution in [2.75, 3.05) is 31.6 Å². The number of oxime groups is 1. The third-order valence-electron chi connectivity index (χ3n) is 9.07. The Balaban J connectivity index is 1.25. The highest BCUT2D eigenvalue weighted by Crippen LogP contribution is 2.41. The molecule has 5 heterocycles. The molecule has 21 heteroatoms. The van der Waals surface area contributed by atoms with Crippen LogP contribution in [0.2, 0.25) is 0 Å². The summed E-state index contributed by atoms with van der Waals surface area (Å²) in [6, 6.07) is 3.73. The molecule has 0 bridgehead atoms. The quantitative estimate of drug-likeness (QED) is 0.0609. The van der Waals surface area contributed by atoms with Gasteiger partial charge in [-0.25, -0.2) is 19.1 Å². The van der Waals surface area contributed by atoms with Crippen LogP contribution in [-0.2, 0) is 45.6 Å². The third-order valence-corrected chi connectivity index (χ3v) is 10.2. The van der Waals surface area contributed by atoms with Gasteiger partial charge in [-0.05, 0) is 74.3 Å². The number of fused-ring (bicyclic) bond motifs is 1. The Labute approximate surface area is 334 Å². The first kappa shape index (κ1) is 43.3. The lowest BCUT2D eigenvalue weighted by molar-refractivity contribution is -0.511. The average molecular weight is 837 g/mol. The Morgan fingerprint density at radius 1 is 1.09 bits per heavy atom. The summed E-state index contributed by atoms with van der Waals surface area (Å²) in [5.74, 6) is -1.90. The molecule has 19 nitrogen and oxygen atoms in total. The Bertz CT molecular complexity index is 2150. The zero-order valence-electron chi connectivity index (χ0n) is 33.4. The first-order chi connectivity index (χ1) is 26.4. The highest BCUT2D eigenvalue weighted by Gasteiger charge is 2.57. The van der Waals surface area contributed by atoms with Crippen LogP contribution >= 0.6 is 11.3 Å². The van der Waals surface area contributed by atoms with E-state index < -0.39 is 57.3 Å². The first-order valence-corrected chi connectivity index (χ1v) is 20.5. The molecule has 312 valence electrons. The Hall–Kier alpha value is -4.86. The van der Waals surface area contributed by atoms with Crippen LogP contribution in [0.25, 0.3) is 5.65 Å². The molecule has 0 spiro atoms. The number of aromatic nitrogens is 3. The molecule has 0 saturated carbocycles. The number of nitrogens with zero attached hydrogens (tertiary/aromatic N) is 6. The number of imidazole rings is 1. The summed E-state index contributed by atoms with van der Waals surface area (Å²) < 4.78 is 56.9. The van der Waals surface area contributed by atoms with Crippen LogP contribution in [0.4, 0.5) is 14.7 Å². The van der Waals surface area contributed by atoms with Crippen molar-refractivity contribution in [1.82, 2.24) is 19.5 Å². The molecule has 2 aliphatic heterocycles. The number of anilines is 1. The Morgan fingerprint density at radius 2 is 1.79 bits per heavy atom. The number of hydroxylamine groups is 2. The minimum Gasteiger partial charge on any atom is -0.486 e.